The standard InChI is InChI=1S/C15H21FN2O2.ClH/c1-20-13-5-4-11(10-12(13)16)6-9-18-14(19)15(17)7-2-3-8-15;/h4-5,10H,2-3,6-9,17H2,1H3,(H,18,19);1H. The van der Waals surface area contributed by atoms with Crippen molar-refractivity contribution in [1.82, 2.24) is 5.32 Å². The van der Waals surface area contributed by atoms with Gasteiger partial charge in [0.25, 0.3) is 0 Å². The Morgan fingerprint density at radius 1 is 1.43 bits per heavy atom. The minimum atomic E-state index is -0.703. The fraction of sp³-hybridized carbons (Fsp3) is 0.533. The summed E-state index contributed by atoms with van der Waals surface area (Å²) in [4.78, 5) is 12.0. The van der Waals surface area contributed by atoms with Crippen LogP contribution in [0, 0.1) is 5.82 Å². The Morgan fingerprint density at radius 2 is 2.10 bits per heavy atom. The van der Waals surface area contributed by atoms with E-state index in [0.717, 1.165) is 31.2 Å². The van der Waals surface area contributed by atoms with Gasteiger partial charge in [-0.15, -0.1) is 12.4 Å². The number of benzene rings is 1. The third-order valence-electron chi connectivity index (χ3n) is 3.86. The molecule has 0 atom stereocenters. The van der Waals surface area contributed by atoms with Gasteiger partial charge >= 0.3 is 0 Å². The zero-order valence-electron chi connectivity index (χ0n) is 12.2. The smallest absolute Gasteiger partial charge is 0.240 e. The lowest BCUT2D eigenvalue weighted by Gasteiger charge is -2.22. The maximum absolute atomic E-state index is 13.5. The van der Waals surface area contributed by atoms with Gasteiger partial charge in [-0.1, -0.05) is 18.9 Å². The molecule has 1 aliphatic rings. The van der Waals surface area contributed by atoms with Crippen molar-refractivity contribution >= 4 is 18.3 Å². The van der Waals surface area contributed by atoms with E-state index in [9.17, 15) is 9.18 Å². The van der Waals surface area contributed by atoms with Crippen LogP contribution in [0.5, 0.6) is 5.75 Å². The normalized spacial score (nSPS) is 16.1. The molecule has 4 nitrogen and oxygen atoms in total. The number of carbonyl (C=O) groups excluding carboxylic acids is 1. The molecule has 1 aromatic carbocycles. The van der Waals surface area contributed by atoms with Crippen molar-refractivity contribution in [2.45, 2.75) is 37.6 Å². The summed E-state index contributed by atoms with van der Waals surface area (Å²) in [6, 6.07) is 4.81. The molecule has 2 rings (SSSR count). The van der Waals surface area contributed by atoms with E-state index in [1.54, 1.807) is 12.1 Å². The monoisotopic (exact) mass is 316 g/mol. The number of methoxy groups -OCH3 is 1. The van der Waals surface area contributed by atoms with Crippen LogP contribution in [0.25, 0.3) is 0 Å². The second kappa shape index (κ2) is 7.61. The van der Waals surface area contributed by atoms with Gasteiger partial charge in [0.2, 0.25) is 5.91 Å². The first-order valence-electron chi connectivity index (χ1n) is 6.95. The number of ether oxygens (including phenoxy) is 1. The topological polar surface area (TPSA) is 64.3 Å². The van der Waals surface area contributed by atoms with Crippen molar-refractivity contribution in [2.24, 2.45) is 5.73 Å². The number of carbonyl (C=O) groups is 1. The summed E-state index contributed by atoms with van der Waals surface area (Å²) < 4.78 is 18.4. The van der Waals surface area contributed by atoms with Crippen LogP contribution in [0.3, 0.4) is 0 Å². The maximum atomic E-state index is 13.5. The van der Waals surface area contributed by atoms with E-state index in [1.165, 1.54) is 13.2 Å². The quantitative estimate of drug-likeness (QED) is 0.875. The fourth-order valence-electron chi connectivity index (χ4n) is 2.59. The predicted molar refractivity (Wildman–Crippen MR) is 82.3 cm³/mol. The molecular weight excluding hydrogens is 295 g/mol. The third-order valence-corrected chi connectivity index (χ3v) is 3.86. The van der Waals surface area contributed by atoms with Crippen molar-refractivity contribution in [3.63, 3.8) is 0 Å². The zero-order valence-corrected chi connectivity index (χ0v) is 13.0. The number of rotatable bonds is 5. The number of nitrogens with one attached hydrogen (secondary N) is 1. The largest absolute Gasteiger partial charge is 0.494 e. The number of halogens is 2. The Morgan fingerprint density at radius 3 is 2.67 bits per heavy atom. The molecule has 0 saturated heterocycles. The van der Waals surface area contributed by atoms with Crippen LogP contribution < -0.4 is 15.8 Å². The van der Waals surface area contributed by atoms with Gasteiger partial charge in [-0.3, -0.25) is 4.79 Å². The summed E-state index contributed by atoms with van der Waals surface area (Å²) in [6.45, 7) is 0.462. The summed E-state index contributed by atoms with van der Waals surface area (Å²) in [5, 5.41) is 2.84. The SMILES string of the molecule is COc1ccc(CCNC(=O)C2(N)CCCC2)cc1F.Cl. The minimum absolute atomic E-state index is 0. The molecule has 1 amide bonds. The molecular formula is C15H22ClFN2O2. The Hall–Kier alpha value is -1.33. The first kappa shape index (κ1) is 17.7. The number of amides is 1. The van der Waals surface area contributed by atoms with E-state index >= 15 is 0 Å². The molecule has 0 unspecified atom stereocenters. The number of nitrogens with two attached hydrogens (primary N) is 1. The highest BCUT2D eigenvalue weighted by Crippen LogP contribution is 2.27. The first-order chi connectivity index (χ1) is 9.55. The molecule has 21 heavy (non-hydrogen) atoms. The van der Waals surface area contributed by atoms with E-state index < -0.39 is 5.54 Å². The Balaban J connectivity index is 0.00000220. The van der Waals surface area contributed by atoms with E-state index in [1.807, 2.05) is 0 Å². The molecule has 6 heteroatoms. The third kappa shape index (κ3) is 4.32. The van der Waals surface area contributed by atoms with Gasteiger partial charge in [0.1, 0.15) is 0 Å². The van der Waals surface area contributed by atoms with Crippen molar-refractivity contribution in [3.8, 4) is 5.75 Å². The van der Waals surface area contributed by atoms with Crippen LogP contribution in [0.2, 0.25) is 0 Å². The fourth-order valence-corrected chi connectivity index (χ4v) is 2.59. The van der Waals surface area contributed by atoms with Crippen molar-refractivity contribution in [2.75, 3.05) is 13.7 Å². The van der Waals surface area contributed by atoms with Crippen molar-refractivity contribution in [3.05, 3.63) is 29.6 Å². The van der Waals surface area contributed by atoms with E-state index in [0.29, 0.717) is 13.0 Å². The van der Waals surface area contributed by atoms with Gasteiger partial charge in [0.15, 0.2) is 11.6 Å². The highest BCUT2D eigenvalue weighted by Gasteiger charge is 2.36. The Labute approximate surface area is 130 Å². The average Bonchev–Trinajstić information content (AvgIpc) is 2.87. The Kier molecular flexibility index (Phi) is 6.42. The second-order valence-corrected chi connectivity index (χ2v) is 5.34. The van der Waals surface area contributed by atoms with Gasteiger partial charge in [-0.05, 0) is 37.0 Å². The Bertz CT molecular complexity index is 491. The summed E-state index contributed by atoms with van der Waals surface area (Å²) in [5.41, 5.74) is 6.17. The highest BCUT2D eigenvalue weighted by atomic mass is 35.5. The summed E-state index contributed by atoms with van der Waals surface area (Å²) in [6.07, 6.45) is 4.08. The molecule has 1 saturated carbocycles. The highest BCUT2D eigenvalue weighted by molar-refractivity contribution is 5.86. The minimum Gasteiger partial charge on any atom is -0.494 e. The molecule has 0 radical (unpaired) electrons. The molecule has 1 aliphatic carbocycles. The molecule has 1 fully saturated rings. The van der Waals surface area contributed by atoms with Crippen LogP contribution in [0.1, 0.15) is 31.2 Å². The van der Waals surface area contributed by atoms with Crippen LogP contribution >= 0.6 is 12.4 Å². The van der Waals surface area contributed by atoms with Gasteiger partial charge < -0.3 is 15.8 Å². The van der Waals surface area contributed by atoms with Crippen LogP contribution in [-0.4, -0.2) is 25.1 Å². The first-order valence-corrected chi connectivity index (χ1v) is 6.95. The predicted octanol–water partition coefficient (Wildman–Crippen LogP) is 2.19. The van der Waals surface area contributed by atoms with Gasteiger partial charge in [0, 0.05) is 6.54 Å². The summed E-state index contributed by atoms with van der Waals surface area (Å²) in [5.74, 6) is -0.254. The van der Waals surface area contributed by atoms with Gasteiger partial charge in [-0.2, -0.15) is 0 Å². The molecule has 0 bridgehead atoms. The molecule has 0 aliphatic heterocycles. The van der Waals surface area contributed by atoms with Crippen LogP contribution in [-0.2, 0) is 11.2 Å². The number of hydrogen-bond donors (Lipinski definition) is 2. The summed E-state index contributed by atoms with van der Waals surface area (Å²) in [7, 11) is 1.43. The van der Waals surface area contributed by atoms with Gasteiger partial charge in [0.05, 0.1) is 12.6 Å². The summed E-state index contributed by atoms with van der Waals surface area (Å²) >= 11 is 0. The number of hydrogen-bond acceptors (Lipinski definition) is 3. The lowest BCUT2D eigenvalue weighted by atomic mass is 9.98. The van der Waals surface area contributed by atoms with Crippen LogP contribution in [0.15, 0.2) is 18.2 Å². The van der Waals surface area contributed by atoms with Crippen molar-refractivity contribution in [1.29, 1.82) is 0 Å². The lowest BCUT2D eigenvalue weighted by Crippen LogP contribution is -2.52. The van der Waals surface area contributed by atoms with E-state index in [2.05, 4.69) is 5.32 Å². The molecule has 0 spiro atoms. The average molecular weight is 317 g/mol. The van der Waals surface area contributed by atoms with Crippen molar-refractivity contribution < 1.29 is 13.9 Å². The van der Waals surface area contributed by atoms with Crippen LogP contribution in [0.4, 0.5) is 4.39 Å². The van der Waals surface area contributed by atoms with E-state index in [4.69, 9.17) is 10.5 Å². The molecule has 0 aromatic heterocycles. The van der Waals surface area contributed by atoms with E-state index in [-0.39, 0.29) is 29.9 Å². The zero-order chi connectivity index (χ0) is 14.6. The second-order valence-electron chi connectivity index (χ2n) is 5.34. The lowest BCUT2D eigenvalue weighted by molar-refractivity contribution is -0.126. The molecule has 1 aromatic rings. The maximum Gasteiger partial charge on any atom is 0.240 e. The van der Waals surface area contributed by atoms with Gasteiger partial charge in [-0.25, -0.2) is 4.39 Å². The molecule has 0 heterocycles. The molecule has 3 N–H and O–H groups in total. The molecule has 118 valence electrons.